The van der Waals surface area contributed by atoms with Gasteiger partial charge in [0, 0.05) is 31.9 Å². The summed E-state index contributed by atoms with van der Waals surface area (Å²) in [4.78, 5) is 16.7. The van der Waals surface area contributed by atoms with Crippen LogP contribution < -0.4 is 9.21 Å². The lowest BCUT2D eigenvalue weighted by Crippen LogP contribution is -2.52. The zero-order valence-electron chi connectivity index (χ0n) is 15.4. The van der Waals surface area contributed by atoms with Gasteiger partial charge in [0.1, 0.15) is 6.54 Å². The van der Waals surface area contributed by atoms with Gasteiger partial charge in [0.15, 0.2) is 0 Å². The van der Waals surface area contributed by atoms with Crippen LogP contribution in [-0.2, 0) is 14.8 Å². The Morgan fingerprint density at radius 1 is 1.00 bits per heavy atom. The molecule has 0 unspecified atom stereocenters. The minimum Gasteiger partial charge on any atom is -0.368 e. The third-order valence-electron chi connectivity index (χ3n) is 4.62. The highest BCUT2D eigenvalue weighted by Crippen LogP contribution is 2.28. The van der Waals surface area contributed by atoms with E-state index >= 15 is 0 Å². The highest BCUT2D eigenvalue weighted by molar-refractivity contribution is 7.92. The molecule has 0 spiro atoms. The van der Waals surface area contributed by atoms with E-state index in [1.807, 2.05) is 30.3 Å². The molecule has 9 heteroatoms. The van der Waals surface area contributed by atoms with E-state index in [9.17, 15) is 13.2 Å². The Labute approximate surface area is 175 Å². The second-order valence-corrected chi connectivity index (χ2v) is 9.29. The highest BCUT2D eigenvalue weighted by Gasteiger charge is 2.27. The quantitative estimate of drug-likeness (QED) is 0.714. The first kappa shape index (κ1) is 20.8. The Balaban J connectivity index is 1.68. The van der Waals surface area contributed by atoms with Gasteiger partial charge in [0.2, 0.25) is 15.9 Å². The normalized spacial score (nSPS) is 14.8. The van der Waals surface area contributed by atoms with Gasteiger partial charge in [-0.3, -0.25) is 9.10 Å². The van der Waals surface area contributed by atoms with Crippen LogP contribution in [0, 0.1) is 0 Å². The number of nitrogens with zero attached hydrogens (tertiary/aromatic N) is 3. The summed E-state index contributed by atoms with van der Waals surface area (Å²) in [5.41, 5.74) is 1.43. The lowest BCUT2D eigenvalue weighted by molar-refractivity contribution is -0.129. The summed E-state index contributed by atoms with van der Waals surface area (Å²) in [6.45, 7) is 2.18. The van der Waals surface area contributed by atoms with Crippen molar-refractivity contribution in [2.75, 3.05) is 48.2 Å². The number of anilines is 2. The van der Waals surface area contributed by atoms with Crippen LogP contribution in [0.5, 0.6) is 0 Å². The molecule has 0 atom stereocenters. The van der Waals surface area contributed by atoms with Crippen LogP contribution in [0.2, 0.25) is 10.0 Å². The predicted octanol–water partition coefficient (Wildman–Crippen LogP) is 3.11. The van der Waals surface area contributed by atoms with E-state index in [1.165, 1.54) is 18.2 Å². The van der Waals surface area contributed by atoms with Gasteiger partial charge in [-0.15, -0.1) is 0 Å². The first-order valence-corrected chi connectivity index (χ1v) is 11.4. The molecule has 0 aliphatic carbocycles. The smallest absolute Gasteiger partial charge is 0.243 e. The second-order valence-electron chi connectivity index (χ2n) is 6.57. The summed E-state index contributed by atoms with van der Waals surface area (Å²) < 4.78 is 25.6. The number of para-hydroxylation sites is 1. The first-order valence-electron chi connectivity index (χ1n) is 8.76. The third kappa shape index (κ3) is 4.90. The Bertz CT molecular complexity index is 946. The topological polar surface area (TPSA) is 60.9 Å². The van der Waals surface area contributed by atoms with Crippen LogP contribution >= 0.6 is 23.2 Å². The number of sulfonamides is 1. The fourth-order valence-electron chi connectivity index (χ4n) is 3.12. The Kier molecular flexibility index (Phi) is 6.37. The molecule has 0 N–H and O–H groups in total. The SMILES string of the molecule is CS(=O)(=O)N(CC(=O)N1CCN(c2ccccc2)CC1)c1ccc(Cl)c(Cl)c1. The molecule has 1 fully saturated rings. The molecule has 0 radical (unpaired) electrons. The van der Waals surface area contributed by atoms with Crippen molar-refractivity contribution in [2.24, 2.45) is 0 Å². The highest BCUT2D eigenvalue weighted by atomic mass is 35.5. The molecule has 150 valence electrons. The Morgan fingerprint density at radius 3 is 2.21 bits per heavy atom. The third-order valence-corrected chi connectivity index (χ3v) is 6.50. The minimum absolute atomic E-state index is 0.233. The predicted molar refractivity (Wildman–Crippen MR) is 114 cm³/mol. The summed E-state index contributed by atoms with van der Waals surface area (Å²) in [6.07, 6.45) is 1.07. The molecular weight excluding hydrogens is 421 g/mol. The fraction of sp³-hybridized carbons (Fsp3) is 0.316. The largest absolute Gasteiger partial charge is 0.368 e. The van der Waals surface area contributed by atoms with Crippen LogP contribution in [0.15, 0.2) is 48.5 Å². The van der Waals surface area contributed by atoms with E-state index in [4.69, 9.17) is 23.2 Å². The van der Waals surface area contributed by atoms with Gasteiger partial charge < -0.3 is 9.80 Å². The maximum absolute atomic E-state index is 12.8. The summed E-state index contributed by atoms with van der Waals surface area (Å²) in [6, 6.07) is 14.5. The zero-order valence-corrected chi connectivity index (χ0v) is 17.7. The molecule has 2 aromatic rings. The van der Waals surface area contributed by atoms with Crippen molar-refractivity contribution in [1.29, 1.82) is 0 Å². The first-order chi connectivity index (χ1) is 13.3. The van der Waals surface area contributed by atoms with E-state index in [0.29, 0.717) is 36.9 Å². The maximum atomic E-state index is 12.8. The van der Waals surface area contributed by atoms with E-state index in [0.717, 1.165) is 16.2 Å². The molecule has 0 bridgehead atoms. The number of rotatable bonds is 5. The van der Waals surface area contributed by atoms with Crippen LogP contribution in [0.3, 0.4) is 0 Å². The van der Waals surface area contributed by atoms with Crippen molar-refractivity contribution in [3.05, 3.63) is 58.6 Å². The molecule has 28 heavy (non-hydrogen) atoms. The molecule has 3 rings (SSSR count). The lowest BCUT2D eigenvalue weighted by Gasteiger charge is -2.37. The average Bonchev–Trinajstić information content (AvgIpc) is 2.68. The minimum atomic E-state index is -3.66. The number of halogens is 2. The van der Waals surface area contributed by atoms with Gasteiger partial charge in [-0.2, -0.15) is 0 Å². The van der Waals surface area contributed by atoms with E-state index in [2.05, 4.69) is 4.90 Å². The van der Waals surface area contributed by atoms with Crippen molar-refractivity contribution in [3.8, 4) is 0 Å². The van der Waals surface area contributed by atoms with Crippen molar-refractivity contribution >= 4 is 50.5 Å². The molecule has 1 heterocycles. The van der Waals surface area contributed by atoms with E-state index in [-0.39, 0.29) is 17.5 Å². The van der Waals surface area contributed by atoms with Gasteiger partial charge >= 0.3 is 0 Å². The van der Waals surface area contributed by atoms with Crippen LogP contribution in [0.1, 0.15) is 0 Å². The number of benzene rings is 2. The van der Waals surface area contributed by atoms with Gasteiger partial charge in [-0.1, -0.05) is 41.4 Å². The van der Waals surface area contributed by atoms with Gasteiger partial charge in [0.25, 0.3) is 0 Å². The van der Waals surface area contributed by atoms with E-state index in [1.54, 1.807) is 4.90 Å². The van der Waals surface area contributed by atoms with Gasteiger partial charge in [-0.05, 0) is 30.3 Å². The standard InChI is InChI=1S/C19H21Cl2N3O3S/c1-28(26,27)24(16-7-8-17(20)18(21)13-16)14-19(25)23-11-9-22(10-12-23)15-5-3-2-4-6-15/h2-8,13H,9-12,14H2,1H3. The molecule has 2 aromatic carbocycles. The summed E-state index contributed by atoms with van der Waals surface area (Å²) in [5.74, 6) is -0.246. The number of piperazine rings is 1. The molecule has 1 aliphatic rings. The van der Waals surface area contributed by atoms with Gasteiger partial charge in [0.05, 0.1) is 22.0 Å². The molecule has 0 saturated carbocycles. The Hall–Kier alpha value is -1.96. The summed E-state index contributed by atoms with van der Waals surface area (Å²) in [7, 11) is -3.66. The van der Waals surface area contributed by atoms with Gasteiger partial charge in [-0.25, -0.2) is 8.42 Å². The number of amides is 1. The molecule has 6 nitrogen and oxygen atoms in total. The lowest BCUT2D eigenvalue weighted by atomic mass is 10.2. The van der Waals surface area contributed by atoms with Crippen molar-refractivity contribution in [2.45, 2.75) is 0 Å². The monoisotopic (exact) mass is 441 g/mol. The summed E-state index contributed by atoms with van der Waals surface area (Å²) >= 11 is 11.9. The van der Waals surface area contributed by atoms with Crippen molar-refractivity contribution in [3.63, 3.8) is 0 Å². The van der Waals surface area contributed by atoms with Crippen LogP contribution in [0.25, 0.3) is 0 Å². The number of hydrogen-bond donors (Lipinski definition) is 0. The molecule has 1 amide bonds. The van der Waals surface area contributed by atoms with E-state index < -0.39 is 10.0 Å². The second kappa shape index (κ2) is 8.59. The van der Waals surface area contributed by atoms with Crippen LogP contribution in [0.4, 0.5) is 11.4 Å². The van der Waals surface area contributed by atoms with Crippen LogP contribution in [-0.4, -0.2) is 58.2 Å². The fourth-order valence-corrected chi connectivity index (χ4v) is 4.25. The Morgan fingerprint density at radius 2 is 1.64 bits per heavy atom. The molecule has 1 saturated heterocycles. The van der Waals surface area contributed by atoms with Crippen molar-refractivity contribution in [1.82, 2.24) is 4.90 Å². The number of carbonyl (C=O) groups excluding carboxylic acids is 1. The average molecular weight is 442 g/mol. The number of carbonyl (C=O) groups is 1. The molecule has 1 aliphatic heterocycles. The maximum Gasteiger partial charge on any atom is 0.243 e. The number of hydrogen-bond acceptors (Lipinski definition) is 4. The van der Waals surface area contributed by atoms with Crippen molar-refractivity contribution < 1.29 is 13.2 Å². The molecule has 0 aromatic heterocycles. The molecular formula is C19H21Cl2N3O3S. The summed E-state index contributed by atoms with van der Waals surface area (Å²) in [5, 5.41) is 0.555. The zero-order chi connectivity index (χ0) is 20.3.